The van der Waals surface area contributed by atoms with Gasteiger partial charge in [-0.05, 0) is 58.4 Å². The van der Waals surface area contributed by atoms with Crippen molar-refractivity contribution in [3.05, 3.63) is 47.2 Å². The van der Waals surface area contributed by atoms with E-state index in [2.05, 4.69) is 34.7 Å². The van der Waals surface area contributed by atoms with Gasteiger partial charge in [0.15, 0.2) is 5.82 Å². The topological polar surface area (TPSA) is 154 Å². The molecule has 0 saturated heterocycles. The first-order chi connectivity index (χ1) is 18.6. The molecule has 1 aliphatic carbocycles. The first-order valence-electron chi connectivity index (χ1n) is 13.4. The summed E-state index contributed by atoms with van der Waals surface area (Å²) >= 11 is 0. The summed E-state index contributed by atoms with van der Waals surface area (Å²) in [4.78, 5) is 37.7. The Morgan fingerprint density at radius 2 is 1.85 bits per heavy atom. The number of rotatable bonds is 8. The van der Waals surface area contributed by atoms with E-state index in [4.69, 9.17) is 15.0 Å². The number of benzene rings is 1. The van der Waals surface area contributed by atoms with Gasteiger partial charge in [0.05, 0.1) is 6.42 Å². The fraction of sp³-hybridized carbons (Fsp3) is 0.483. The number of aromatic nitrogens is 3. The van der Waals surface area contributed by atoms with Crippen LogP contribution in [0, 0.1) is 5.41 Å². The average molecular weight is 551 g/mol. The largest absolute Gasteiger partial charge is 0.444 e. The molecule has 11 nitrogen and oxygen atoms in total. The molecule has 1 atom stereocenters. The Bertz CT molecular complexity index is 1410. The van der Waals surface area contributed by atoms with Gasteiger partial charge in [0.25, 0.3) is 5.91 Å². The van der Waals surface area contributed by atoms with E-state index >= 15 is 0 Å². The summed E-state index contributed by atoms with van der Waals surface area (Å²) in [6.45, 7) is 13.4. The van der Waals surface area contributed by atoms with Crippen LogP contribution in [-0.4, -0.2) is 38.4 Å². The van der Waals surface area contributed by atoms with Crippen LogP contribution >= 0.6 is 0 Å². The van der Waals surface area contributed by atoms with Gasteiger partial charge >= 0.3 is 6.09 Å². The van der Waals surface area contributed by atoms with E-state index in [0.29, 0.717) is 23.0 Å². The molecule has 1 unspecified atom stereocenters. The smallest absolute Gasteiger partial charge is 0.413 e. The van der Waals surface area contributed by atoms with E-state index in [9.17, 15) is 14.4 Å². The molecule has 1 fully saturated rings. The van der Waals surface area contributed by atoms with Gasteiger partial charge < -0.3 is 20.3 Å². The molecule has 4 N–H and O–H groups in total. The van der Waals surface area contributed by atoms with Gasteiger partial charge in [0.1, 0.15) is 28.4 Å². The number of amides is 3. The summed E-state index contributed by atoms with van der Waals surface area (Å²) < 4.78 is 12.4. The predicted molar refractivity (Wildman–Crippen MR) is 151 cm³/mol. The Morgan fingerprint density at radius 3 is 2.38 bits per heavy atom. The molecule has 0 radical (unpaired) electrons. The van der Waals surface area contributed by atoms with E-state index in [1.165, 1.54) is 4.68 Å². The molecule has 1 saturated carbocycles. The number of carbonyl (C=O) groups excluding carboxylic acids is 3. The number of ether oxygens (including phenoxy) is 1. The van der Waals surface area contributed by atoms with Crippen molar-refractivity contribution in [2.75, 3.05) is 10.6 Å². The van der Waals surface area contributed by atoms with E-state index in [1.807, 2.05) is 13.8 Å². The zero-order chi connectivity index (χ0) is 29.4. The van der Waals surface area contributed by atoms with E-state index in [1.54, 1.807) is 51.1 Å². The fourth-order valence-electron chi connectivity index (χ4n) is 4.82. The normalized spacial score (nSPS) is 16.4. The molecule has 11 heteroatoms. The van der Waals surface area contributed by atoms with Gasteiger partial charge in [-0.3, -0.25) is 14.9 Å². The third-order valence-electron chi connectivity index (χ3n) is 7.02. The Morgan fingerprint density at radius 1 is 1.18 bits per heavy atom. The molecule has 2 aromatic heterocycles. The summed E-state index contributed by atoms with van der Waals surface area (Å²) in [6, 6.07) is 8.68. The Labute approximate surface area is 233 Å². The Kier molecular flexibility index (Phi) is 7.78. The lowest BCUT2D eigenvalue weighted by molar-refractivity contribution is -0.115. The number of carbonyl (C=O) groups is 3. The van der Waals surface area contributed by atoms with E-state index < -0.39 is 17.6 Å². The molecule has 40 heavy (non-hydrogen) atoms. The summed E-state index contributed by atoms with van der Waals surface area (Å²) in [5, 5.41) is 14.0. The molecule has 214 valence electrons. The minimum absolute atomic E-state index is 0.0709. The van der Waals surface area contributed by atoms with Crippen molar-refractivity contribution in [3.63, 3.8) is 0 Å². The van der Waals surface area contributed by atoms with Crippen LogP contribution in [0.15, 0.2) is 34.9 Å². The van der Waals surface area contributed by atoms with Gasteiger partial charge in [0, 0.05) is 23.6 Å². The molecule has 4 rings (SSSR count). The molecular formula is C29H38N6O5. The number of hydrogen-bond acceptors (Lipinski definition) is 7. The maximum Gasteiger partial charge on any atom is 0.413 e. The highest BCUT2D eigenvalue weighted by molar-refractivity contribution is 6.06. The number of nitrogens with one attached hydrogen (secondary N) is 2. The first kappa shape index (κ1) is 28.8. The average Bonchev–Trinajstić information content (AvgIpc) is 3.42. The lowest BCUT2D eigenvalue weighted by atomic mass is 9.62. The molecule has 1 aromatic carbocycles. The number of nitrogens with zero attached hydrogens (tertiary/aromatic N) is 3. The Hall–Kier alpha value is -4.15. The standard InChI is InChI=1S/C29H38N6O5/c1-16(2)35-26(32-27(38)39-28(3,4)5)23(25(30)37)24(33-35)18-10-8-17(9-11-18)14-22(36)31-21-15-20(40-34-21)19-12-13-29(19,6)7/h8-11,15-16,19H,12-14H2,1-7H3,(H2,30,37)(H,32,38)(H,31,34,36). The molecule has 3 amide bonds. The van der Waals surface area contributed by atoms with Crippen LogP contribution in [0.25, 0.3) is 11.3 Å². The number of nitrogens with two attached hydrogens (primary N) is 1. The molecule has 1 aliphatic rings. The van der Waals surface area contributed by atoms with Crippen molar-refractivity contribution in [2.24, 2.45) is 11.1 Å². The molecule has 0 spiro atoms. The second-order valence-electron chi connectivity index (χ2n) is 12.2. The van der Waals surface area contributed by atoms with E-state index in [0.717, 1.165) is 24.2 Å². The van der Waals surface area contributed by atoms with Gasteiger partial charge in [0.2, 0.25) is 5.91 Å². The van der Waals surface area contributed by atoms with Gasteiger partial charge in [-0.15, -0.1) is 0 Å². The van der Waals surface area contributed by atoms with Gasteiger partial charge in [-0.1, -0.05) is 43.3 Å². The maximum absolute atomic E-state index is 12.7. The summed E-state index contributed by atoms with van der Waals surface area (Å²) in [7, 11) is 0. The van der Waals surface area contributed by atoms with Crippen molar-refractivity contribution in [2.45, 2.75) is 85.3 Å². The third kappa shape index (κ3) is 6.35. The summed E-state index contributed by atoms with van der Waals surface area (Å²) in [6.07, 6.45) is 1.58. The molecule has 2 heterocycles. The maximum atomic E-state index is 12.7. The van der Waals surface area contributed by atoms with Crippen molar-refractivity contribution in [1.29, 1.82) is 0 Å². The van der Waals surface area contributed by atoms with Gasteiger partial charge in [-0.2, -0.15) is 5.10 Å². The third-order valence-corrected chi connectivity index (χ3v) is 7.02. The predicted octanol–water partition coefficient (Wildman–Crippen LogP) is 5.65. The second-order valence-corrected chi connectivity index (χ2v) is 12.2. The number of primary amides is 1. The van der Waals surface area contributed by atoms with Crippen LogP contribution in [0.1, 0.15) is 94.9 Å². The van der Waals surface area contributed by atoms with E-state index in [-0.39, 0.29) is 35.2 Å². The van der Waals surface area contributed by atoms with Crippen LogP contribution in [0.3, 0.4) is 0 Å². The SMILES string of the molecule is CC(C)n1nc(-c2ccc(CC(=O)Nc3cc(C4CCC4(C)C)on3)cc2)c(C(N)=O)c1NC(=O)OC(C)(C)C. The van der Waals surface area contributed by atoms with Crippen molar-refractivity contribution >= 4 is 29.5 Å². The summed E-state index contributed by atoms with van der Waals surface area (Å²) in [5.41, 5.74) is 6.93. The first-order valence-corrected chi connectivity index (χ1v) is 13.4. The lowest BCUT2D eigenvalue weighted by Gasteiger charge is -2.42. The zero-order valence-corrected chi connectivity index (χ0v) is 24.1. The summed E-state index contributed by atoms with van der Waals surface area (Å²) in [5.74, 6) is 0.687. The van der Waals surface area contributed by atoms with Crippen molar-refractivity contribution in [3.8, 4) is 11.3 Å². The van der Waals surface area contributed by atoms with Crippen LogP contribution < -0.4 is 16.4 Å². The zero-order valence-electron chi connectivity index (χ0n) is 24.1. The van der Waals surface area contributed by atoms with Gasteiger partial charge in [-0.25, -0.2) is 9.48 Å². The highest BCUT2D eigenvalue weighted by Gasteiger charge is 2.41. The molecule has 3 aromatic rings. The molecule has 0 aliphatic heterocycles. The monoisotopic (exact) mass is 550 g/mol. The highest BCUT2D eigenvalue weighted by Crippen LogP contribution is 2.52. The molecule has 0 bridgehead atoms. The van der Waals surface area contributed by atoms with Crippen molar-refractivity contribution < 1.29 is 23.6 Å². The van der Waals surface area contributed by atoms with Crippen LogP contribution in [0.2, 0.25) is 0 Å². The minimum atomic E-state index is -0.742. The van der Waals surface area contributed by atoms with Crippen molar-refractivity contribution in [1.82, 2.24) is 14.9 Å². The fourth-order valence-corrected chi connectivity index (χ4v) is 4.82. The highest BCUT2D eigenvalue weighted by atomic mass is 16.6. The number of hydrogen-bond donors (Lipinski definition) is 3. The number of anilines is 2. The second kappa shape index (κ2) is 10.8. The van der Waals surface area contributed by atoms with Crippen LogP contribution in [0.4, 0.5) is 16.4 Å². The van der Waals surface area contributed by atoms with Crippen LogP contribution in [-0.2, 0) is 16.0 Å². The quantitative estimate of drug-likeness (QED) is 0.327. The Balaban J connectivity index is 1.50. The van der Waals surface area contributed by atoms with Crippen LogP contribution in [0.5, 0.6) is 0 Å². The minimum Gasteiger partial charge on any atom is -0.444 e. The molecular weight excluding hydrogens is 512 g/mol. The lowest BCUT2D eigenvalue weighted by Crippen LogP contribution is -2.32.